The molecule has 0 amide bonds. The summed E-state index contributed by atoms with van der Waals surface area (Å²) in [6, 6.07) is 11.6. The quantitative estimate of drug-likeness (QED) is 0.660. The Hall–Kier alpha value is -2.93. The van der Waals surface area contributed by atoms with E-state index in [0.717, 1.165) is 5.56 Å². The van der Waals surface area contributed by atoms with E-state index in [1.807, 2.05) is 12.1 Å². The number of carbonyl (C=O) groups is 1. The highest BCUT2D eigenvalue weighted by atomic mass is 32.1. The summed E-state index contributed by atoms with van der Waals surface area (Å²) >= 11 is 1.32. The molecule has 0 unspecified atom stereocenters. The zero-order valence-electron chi connectivity index (χ0n) is 12.9. The van der Waals surface area contributed by atoms with Gasteiger partial charge in [0.25, 0.3) is 0 Å². The van der Waals surface area contributed by atoms with Crippen LogP contribution in [0.15, 0.2) is 47.8 Å². The van der Waals surface area contributed by atoms with Crippen LogP contribution in [-0.4, -0.2) is 17.7 Å². The van der Waals surface area contributed by atoms with E-state index in [0.29, 0.717) is 22.1 Å². The van der Waals surface area contributed by atoms with Crippen LogP contribution in [0, 0.1) is 5.82 Å². The van der Waals surface area contributed by atoms with E-state index in [1.54, 1.807) is 29.6 Å². The molecule has 126 valence electrons. The van der Waals surface area contributed by atoms with Crippen LogP contribution < -0.4 is 9.47 Å². The number of carbonyl (C=O) groups excluding carboxylic acids is 1. The van der Waals surface area contributed by atoms with Gasteiger partial charge in [0.15, 0.2) is 17.2 Å². The summed E-state index contributed by atoms with van der Waals surface area (Å²) in [7, 11) is 0. The van der Waals surface area contributed by atoms with Crippen molar-refractivity contribution < 1.29 is 23.4 Å². The predicted molar refractivity (Wildman–Crippen MR) is 89.2 cm³/mol. The fourth-order valence-corrected chi connectivity index (χ4v) is 3.15. The maximum absolute atomic E-state index is 13.6. The molecule has 0 fully saturated rings. The Kier molecular flexibility index (Phi) is 4.07. The highest BCUT2D eigenvalue weighted by Gasteiger charge is 2.17. The molecule has 0 radical (unpaired) electrons. The molecule has 4 rings (SSSR count). The van der Waals surface area contributed by atoms with Crippen LogP contribution >= 0.6 is 11.3 Å². The Morgan fingerprint density at radius 1 is 1.20 bits per heavy atom. The average molecular weight is 357 g/mol. The lowest BCUT2D eigenvalue weighted by Crippen LogP contribution is -2.06. The average Bonchev–Trinajstić information content (AvgIpc) is 3.29. The lowest BCUT2D eigenvalue weighted by molar-refractivity contribution is 0.0463. The molecule has 2 heterocycles. The smallest absolute Gasteiger partial charge is 0.358 e. The molecule has 0 N–H and O–H groups in total. The van der Waals surface area contributed by atoms with Gasteiger partial charge in [-0.25, -0.2) is 14.2 Å². The van der Waals surface area contributed by atoms with E-state index >= 15 is 0 Å². The first-order valence-electron chi connectivity index (χ1n) is 7.47. The standard InChI is InChI=1S/C18H12FNO4S/c19-13-4-2-1-3-12(13)8-22-18(21)14-9-25-17(20-14)11-5-6-15-16(7-11)24-10-23-15/h1-7,9H,8,10H2. The molecule has 1 aliphatic heterocycles. The number of hydrogen-bond donors (Lipinski definition) is 0. The van der Waals surface area contributed by atoms with Crippen molar-refractivity contribution in [1.82, 2.24) is 4.98 Å². The highest BCUT2D eigenvalue weighted by molar-refractivity contribution is 7.13. The Morgan fingerprint density at radius 3 is 2.92 bits per heavy atom. The second kappa shape index (κ2) is 6.52. The topological polar surface area (TPSA) is 57.7 Å². The monoisotopic (exact) mass is 357 g/mol. The van der Waals surface area contributed by atoms with E-state index in [2.05, 4.69) is 4.98 Å². The Bertz CT molecular complexity index is 940. The zero-order valence-corrected chi connectivity index (χ0v) is 13.7. The molecule has 0 saturated carbocycles. The van der Waals surface area contributed by atoms with Crippen LogP contribution in [0.1, 0.15) is 16.1 Å². The van der Waals surface area contributed by atoms with Crippen molar-refractivity contribution in [3.63, 3.8) is 0 Å². The molecule has 1 aromatic heterocycles. The van der Waals surface area contributed by atoms with Crippen molar-refractivity contribution in [2.24, 2.45) is 0 Å². The Balaban J connectivity index is 1.47. The summed E-state index contributed by atoms with van der Waals surface area (Å²) in [6.07, 6.45) is 0. The summed E-state index contributed by atoms with van der Waals surface area (Å²) < 4.78 is 29.3. The van der Waals surface area contributed by atoms with Crippen LogP contribution in [0.3, 0.4) is 0 Å². The normalized spacial score (nSPS) is 12.2. The van der Waals surface area contributed by atoms with Crippen LogP contribution in [0.2, 0.25) is 0 Å². The van der Waals surface area contributed by atoms with E-state index < -0.39 is 11.8 Å². The number of esters is 1. The summed E-state index contributed by atoms with van der Waals surface area (Å²) in [5, 5.41) is 2.28. The third kappa shape index (κ3) is 3.18. The summed E-state index contributed by atoms with van der Waals surface area (Å²) in [5.41, 5.74) is 1.33. The lowest BCUT2D eigenvalue weighted by Gasteiger charge is -2.04. The minimum atomic E-state index is -0.591. The molecule has 0 bridgehead atoms. The van der Waals surface area contributed by atoms with Crippen LogP contribution in [0.5, 0.6) is 11.5 Å². The number of benzene rings is 2. The Morgan fingerprint density at radius 2 is 2.04 bits per heavy atom. The van der Waals surface area contributed by atoms with Gasteiger partial charge in [0.2, 0.25) is 6.79 Å². The largest absolute Gasteiger partial charge is 0.456 e. The lowest BCUT2D eigenvalue weighted by atomic mass is 10.2. The van der Waals surface area contributed by atoms with Gasteiger partial charge in [-0.2, -0.15) is 0 Å². The van der Waals surface area contributed by atoms with Crippen LogP contribution in [0.25, 0.3) is 10.6 Å². The van der Waals surface area contributed by atoms with E-state index in [-0.39, 0.29) is 19.1 Å². The first kappa shape index (κ1) is 15.6. The van der Waals surface area contributed by atoms with Gasteiger partial charge in [0.05, 0.1) is 0 Å². The number of hydrogen-bond acceptors (Lipinski definition) is 6. The van der Waals surface area contributed by atoms with Crippen molar-refractivity contribution in [2.45, 2.75) is 6.61 Å². The summed E-state index contributed by atoms with van der Waals surface area (Å²) in [5.74, 6) is 0.335. The molecule has 0 saturated heterocycles. The third-order valence-corrected chi connectivity index (χ3v) is 4.54. The van der Waals surface area contributed by atoms with Gasteiger partial charge in [-0.05, 0) is 24.3 Å². The molecule has 3 aromatic rings. The number of ether oxygens (including phenoxy) is 3. The van der Waals surface area contributed by atoms with Crippen molar-refractivity contribution in [2.75, 3.05) is 6.79 Å². The zero-order chi connectivity index (χ0) is 17.2. The third-order valence-electron chi connectivity index (χ3n) is 3.65. The fraction of sp³-hybridized carbons (Fsp3) is 0.111. The predicted octanol–water partition coefficient (Wildman–Crippen LogP) is 4.03. The van der Waals surface area contributed by atoms with Gasteiger partial charge in [0.1, 0.15) is 17.4 Å². The second-order valence-electron chi connectivity index (χ2n) is 5.27. The van der Waals surface area contributed by atoms with Crippen molar-refractivity contribution >= 4 is 17.3 Å². The van der Waals surface area contributed by atoms with E-state index in [4.69, 9.17) is 14.2 Å². The van der Waals surface area contributed by atoms with Gasteiger partial charge < -0.3 is 14.2 Å². The van der Waals surface area contributed by atoms with Crippen molar-refractivity contribution in [3.8, 4) is 22.1 Å². The number of aromatic nitrogens is 1. The van der Waals surface area contributed by atoms with E-state index in [1.165, 1.54) is 17.4 Å². The highest BCUT2D eigenvalue weighted by Crippen LogP contribution is 2.36. The number of thiazole rings is 1. The number of fused-ring (bicyclic) bond motifs is 1. The Labute approximate surface area is 146 Å². The summed E-state index contributed by atoms with van der Waals surface area (Å²) in [4.78, 5) is 16.4. The van der Waals surface area contributed by atoms with Crippen LogP contribution in [-0.2, 0) is 11.3 Å². The van der Waals surface area contributed by atoms with E-state index in [9.17, 15) is 9.18 Å². The number of nitrogens with zero attached hydrogens (tertiary/aromatic N) is 1. The first-order chi connectivity index (χ1) is 12.2. The van der Waals surface area contributed by atoms with Crippen LogP contribution in [0.4, 0.5) is 4.39 Å². The molecule has 2 aromatic carbocycles. The molecule has 0 aliphatic carbocycles. The van der Waals surface area contributed by atoms with Gasteiger partial charge >= 0.3 is 5.97 Å². The number of halogens is 1. The van der Waals surface area contributed by atoms with Gasteiger partial charge in [-0.1, -0.05) is 18.2 Å². The molecular formula is C18H12FNO4S. The molecule has 0 spiro atoms. The first-order valence-corrected chi connectivity index (χ1v) is 8.35. The minimum Gasteiger partial charge on any atom is -0.456 e. The van der Waals surface area contributed by atoms with Gasteiger partial charge in [-0.3, -0.25) is 0 Å². The van der Waals surface area contributed by atoms with Gasteiger partial charge in [-0.15, -0.1) is 11.3 Å². The van der Waals surface area contributed by atoms with Crippen molar-refractivity contribution in [1.29, 1.82) is 0 Å². The van der Waals surface area contributed by atoms with Crippen molar-refractivity contribution in [3.05, 3.63) is 64.9 Å². The van der Waals surface area contributed by atoms with Gasteiger partial charge in [0, 0.05) is 16.5 Å². The molecule has 7 heteroatoms. The number of rotatable bonds is 4. The second-order valence-corrected chi connectivity index (χ2v) is 6.13. The maximum Gasteiger partial charge on any atom is 0.358 e. The summed E-state index contributed by atoms with van der Waals surface area (Å²) in [6.45, 7) is 0.0622. The molecule has 25 heavy (non-hydrogen) atoms. The molecule has 0 atom stereocenters. The SMILES string of the molecule is O=C(OCc1ccccc1F)c1csc(-c2ccc3c(c2)OCO3)n1. The minimum absolute atomic E-state index is 0.137. The fourth-order valence-electron chi connectivity index (χ4n) is 2.36. The maximum atomic E-state index is 13.6. The molecular weight excluding hydrogens is 345 g/mol. The molecule has 5 nitrogen and oxygen atoms in total. The molecule has 1 aliphatic rings.